The van der Waals surface area contributed by atoms with Gasteiger partial charge in [-0.1, -0.05) is 142 Å². The summed E-state index contributed by atoms with van der Waals surface area (Å²) in [7, 11) is -4.61. The van der Waals surface area contributed by atoms with Crippen LogP contribution in [0.2, 0.25) is 0 Å². The summed E-state index contributed by atoms with van der Waals surface area (Å²) in [6.45, 7) is 2.35. The Morgan fingerprint density at radius 1 is 0.592 bits per heavy atom. The quantitative estimate of drug-likeness (QED) is 0.0245. The molecule has 0 heterocycles. The maximum Gasteiger partial charge on any atom is 0.472 e. The van der Waals surface area contributed by atoms with E-state index in [1.54, 1.807) is 0 Å². The van der Waals surface area contributed by atoms with Crippen molar-refractivity contribution < 1.29 is 47.8 Å². The zero-order valence-electron chi connectivity index (χ0n) is 31.2. The van der Waals surface area contributed by atoms with Crippen LogP contribution >= 0.6 is 7.82 Å². The van der Waals surface area contributed by atoms with E-state index in [9.17, 15) is 24.2 Å². The van der Waals surface area contributed by atoms with E-state index in [1.807, 2.05) is 0 Å². The molecule has 0 amide bonds. The van der Waals surface area contributed by atoms with E-state index in [0.717, 1.165) is 51.4 Å². The van der Waals surface area contributed by atoms with Gasteiger partial charge in [-0.3, -0.25) is 18.6 Å². The highest BCUT2D eigenvalue weighted by Crippen LogP contribution is 2.43. The average Bonchev–Trinajstić information content (AvgIpc) is 3.09. The second-order valence-electron chi connectivity index (χ2n) is 13.3. The minimum Gasteiger partial charge on any atom is -0.462 e. The molecule has 10 nitrogen and oxygen atoms in total. The molecule has 0 aromatic rings. The molecule has 0 aliphatic rings. The molecule has 3 N–H and O–H groups in total. The number of carbonyl (C=O) groups excluding carboxylic acids is 2. The fourth-order valence-corrected chi connectivity index (χ4v) is 6.13. The topological polar surface area (TPSA) is 149 Å². The molecule has 0 rings (SSSR count). The van der Waals surface area contributed by atoms with Gasteiger partial charge in [-0.2, -0.15) is 0 Å². The molecule has 0 aliphatic heterocycles. The number of hydrogen-bond donors (Lipinski definition) is 3. The molecule has 0 spiro atoms. The first-order chi connectivity index (χ1) is 23.7. The van der Waals surface area contributed by atoms with Gasteiger partial charge in [-0.25, -0.2) is 4.57 Å². The van der Waals surface area contributed by atoms with E-state index in [-0.39, 0.29) is 19.4 Å². The van der Waals surface area contributed by atoms with Crippen molar-refractivity contribution >= 4 is 19.8 Å². The fraction of sp³-hybridized carbons (Fsp3) is 0.895. The molecule has 0 saturated carbocycles. The van der Waals surface area contributed by atoms with Gasteiger partial charge in [0, 0.05) is 12.8 Å². The smallest absolute Gasteiger partial charge is 0.462 e. The number of esters is 2. The summed E-state index contributed by atoms with van der Waals surface area (Å²) in [4.78, 5) is 34.8. The molecule has 0 aliphatic carbocycles. The van der Waals surface area contributed by atoms with Crippen molar-refractivity contribution in [3.8, 4) is 0 Å². The minimum absolute atomic E-state index is 0.187. The number of unbranched alkanes of at least 4 members (excludes halogenated alkanes) is 21. The van der Waals surface area contributed by atoms with E-state index in [1.165, 1.54) is 89.9 Å². The molecule has 11 heteroatoms. The average molecular weight is 721 g/mol. The Labute approximate surface area is 298 Å². The van der Waals surface area contributed by atoms with Crippen molar-refractivity contribution in [1.29, 1.82) is 0 Å². The van der Waals surface area contributed by atoms with Gasteiger partial charge in [0.1, 0.15) is 12.7 Å². The zero-order valence-corrected chi connectivity index (χ0v) is 32.1. The number of hydrogen-bond acceptors (Lipinski definition) is 9. The molecule has 290 valence electrons. The highest BCUT2D eigenvalue weighted by molar-refractivity contribution is 7.47. The van der Waals surface area contributed by atoms with E-state index >= 15 is 0 Å². The predicted octanol–water partition coefficient (Wildman–Crippen LogP) is 9.67. The Balaban J connectivity index is 4.33. The van der Waals surface area contributed by atoms with Gasteiger partial charge in [-0.15, -0.1) is 0 Å². The second kappa shape index (κ2) is 35.1. The van der Waals surface area contributed by atoms with Gasteiger partial charge in [0.25, 0.3) is 0 Å². The van der Waals surface area contributed by atoms with E-state index < -0.39 is 51.8 Å². The zero-order chi connectivity index (χ0) is 36.3. The largest absolute Gasteiger partial charge is 0.472 e. The Morgan fingerprint density at radius 3 is 1.47 bits per heavy atom. The first kappa shape index (κ1) is 47.7. The third-order valence-electron chi connectivity index (χ3n) is 8.42. The number of rotatable bonds is 37. The highest BCUT2D eigenvalue weighted by Gasteiger charge is 2.27. The number of aliphatic hydroxyl groups is 2. The van der Waals surface area contributed by atoms with Crippen LogP contribution in [0.5, 0.6) is 0 Å². The summed E-state index contributed by atoms with van der Waals surface area (Å²) >= 11 is 0. The summed E-state index contributed by atoms with van der Waals surface area (Å²) < 4.78 is 32.6. The molecule has 3 atom stereocenters. The SMILES string of the molecule is CCCCCCCCC=CCCCCCCCC(=O)OCC(COP(=O)(O)OCC(O)CO)OC(=O)CCCCCCCCCCCCC. The molecular formula is C38H73O10P. The first-order valence-corrected chi connectivity index (χ1v) is 21.1. The number of ether oxygens (including phenoxy) is 2. The monoisotopic (exact) mass is 720 g/mol. The van der Waals surface area contributed by atoms with Crippen molar-refractivity contribution in [3.05, 3.63) is 12.2 Å². The number of carbonyl (C=O) groups is 2. The van der Waals surface area contributed by atoms with Crippen molar-refractivity contribution in [2.75, 3.05) is 26.4 Å². The number of allylic oxidation sites excluding steroid dienone is 2. The maximum atomic E-state index is 12.5. The van der Waals surface area contributed by atoms with Gasteiger partial charge >= 0.3 is 19.8 Å². The lowest BCUT2D eigenvalue weighted by Gasteiger charge is -2.20. The minimum atomic E-state index is -4.61. The summed E-state index contributed by atoms with van der Waals surface area (Å²) in [6.07, 6.45) is 30.4. The van der Waals surface area contributed by atoms with Crippen LogP contribution in [-0.4, -0.2) is 65.7 Å². The van der Waals surface area contributed by atoms with Crippen LogP contribution < -0.4 is 0 Å². The van der Waals surface area contributed by atoms with Gasteiger partial charge in [0.05, 0.1) is 19.8 Å². The van der Waals surface area contributed by atoms with E-state index in [0.29, 0.717) is 12.8 Å². The van der Waals surface area contributed by atoms with Crippen LogP contribution in [0.4, 0.5) is 0 Å². The maximum absolute atomic E-state index is 12.5. The van der Waals surface area contributed by atoms with Gasteiger partial charge in [0.15, 0.2) is 6.10 Å². The summed E-state index contributed by atoms with van der Waals surface area (Å²) in [5.74, 6) is -0.930. The van der Waals surface area contributed by atoms with Crippen LogP contribution in [0.3, 0.4) is 0 Å². The third kappa shape index (κ3) is 34.9. The van der Waals surface area contributed by atoms with Crippen LogP contribution in [0.25, 0.3) is 0 Å². The van der Waals surface area contributed by atoms with Crippen molar-refractivity contribution in [2.45, 2.75) is 193 Å². The van der Waals surface area contributed by atoms with Crippen LogP contribution in [0.1, 0.15) is 181 Å². The Hall–Kier alpha value is -1.29. The van der Waals surface area contributed by atoms with Gasteiger partial charge < -0.3 is 24.6 Å². The standard InChI is InChI=1S/C38H73O10P/c1-3-5-7-9-11-13-15-16-17-18-20-21-23-25-27-29-37(41)45-33-36(34-47-49(43,44)46-32-35(40)31-39)48-38(42)30-28-26-24-22-19-14-12-10-8-6-4-2/h16-17,35-36,39-40H,3-15,18-34H2,1-2H3,(H,43,44). The lowest BCUT2D eigenvalue weighted by atomic mass is 10.1. The molecule has 0 aromatic heterocycles. The van der Waals surface area contributed by atoms with Crippen molar-refractivity contribution in [3.63, 3.8) is 0 Å². The van der Waals surface area contributed by atoms with Crippen LogP contribution in [-0.2, 0) is 32.7 Å². The van der Waals surface area contributed by atoms with Crippen LogP contribution in [0, 0.1) is 0 Å². The molecule has 0 fully saturated rings. The molecule has 3 unspecified atom stereocenters. The summed E-state index contributed by atoms with van der Waals surface area (Å²) in [5.41, 5.74) is 0. The second-order valence-corrected chi connectivity index (χ2v) is 14.8. The lowest BCUT2D eigenvalue weighted by molar-refractivity contribution is -0.161. The van der Waals surface area contributed by atoms with E-state index in [2.05, 4.69) is 30.5 Å². The molecule has 49 heavy (non-hydrogen) atoms. The Kier molecular flexibility index (Phi) is 34.2. The molecule has 0 radical (unpaired) electrons. The molecule has 0 saturated heterocycles. The normalized spacial score (nSPS) is 14.1. The Bertz CT molecular complexity index is 837. The van der Waals surface area contributed by atoms with E-state index in [4.69, 9.17) is 19.1 Å². The first-order valence-electron chi connectivity index (χ1n) is 19.6. The lowest BCUT2D eigenvalue weighted by Crippen LogP contribution is -2.29. The van der Waals surface area contributed by atoms with Gasteiger partial charge in [0.2, 0.25) is 0 Å². The molecule has 0 aromatic carbocycles. The van der Waals surface area contributed by atoms with Crippen molar-refractivity contribution in [2.24, 2.45) is 0 Å². The van der Waals surface area contributed by atoms with Gasteiger partial charge in [-0.05, 0) is 38.5 Å². The molecular weight excluding hydrogens is 647 g/mol. The van der Waals surface area contributed by atoms with Crippen molar-refractivity contribution in [1.82, 2.24) is 0 Å². The predicted molar refractivity (Wildman–Crippen MR) is 196 cm³/mol. The Morgan fingerprint density at radius 2 is 1.00 bits per heavy atom. The summed E-state index contributed by atoms with van der Waals surface area (Å²) in [6, 6.07) is 0. The highest BCUT2D eigenvalue weighted by atomic mass is 31.2. The molecule has 0 bridgehead atoms. The summed E-state index contributed by atoms with van der Waals surface area (Å²) in [5, 5.41) is 18.3. The fourth-order valence-electron chi connectivity index (χ4n) is 5.34. The number of aliphatic hydroxyl groups excluding tert-OH is 2. The third-order valence-corrected chi connectivity index (χ3v) is 9.37. The number of phosphoric acid groups is 1. The van der Waals surface area contributed by atoms with Crippen LogP contribution in [0.15, 0.2) is 12.2 Å². The number of phosphoric ester groups is 1.